The van der Waals surface area contributed by atoms with Crippen molar-refractivity contribution < 1.29 is 19.1 Å². The molecule has 2 amide bonds. The Balaban J connectivity index is 1.44. The van der Waals surface area contributed by atoms with Gasteiger partial charge in [0.2, 0.25) is 11.8 Å². The second-order valence-corrected chi connectivity index (χ2v) is 10.7. The zero-order chi connectivity index (χ0) is 24.3. The molecule has 3 aliphatic carbocycles. The maximum atomic E-state index is 14.0. The van der Waals surface area contributed by atoms with Crippen molar-refractivity contribution in [2.24, 2.45) is 11.8 Å². The van der Waals surface area contributed by atoms with E-state index in [0.29, 0.717) is 17.9 Å². The molecule has 0 spiro atoms. The highest BCUT2D eigenvalue weighted by Gasteiger charge is 2.67. The summed E-state index contributed by atoms with van der Waals surface area (Å²) in [6.07, 6.45) is 1.71. The molecule has 1 heterocycles. The number of alkyl halides is 1. The Bertz CT molecular complexity index is 1330. The maximum absolute atomic E-state index is 14.0. The Morgan fingerprint density at radius 2 is 1.60 bits per heavy atom. The van der Waals surface area contributed by atoms with Crippen LogP contribution in [0.4, 0.5) is 5.69 Å². The number of nitrogens with zero attached hydrogens (tertiary/aromatic N) is 1. The minimum absolute atomic E-state index is 0.199. The first-order chi connectivity index (χ1) is 17.0. The summed E-state index contributed by atoms with van der Waals surface area (Å²) in [4.78, 5) is 41.8. The number of amides is 2. The van der Waals surface area contributed by atoms with Crippen molar-refractivity contribution in [2.45, 2.75) is 30.0 Å². The summed E-state index contributed by atoms with van der Waals surface area (Å²) in [5.74, 6) is -2.22. The molecule has 1 aliphatic heterocycles. The van der Waals surface area contributed by atoms with E-state index in [1.54, 1.807) is 24.3 Å². The summed E-state index contributed by atoms with van der Waals surface area (Å²) in [7, 11) is 0. The summed E-state index contributed by atoms with van der Waals surface area (Å²) in [5, 5.41) is 0. The number of rotatable bonds is 5. The van der Waals surface area contributed by atoms with Crippen LogP contribution in [0.5, 0.6) is 0 Å². The largest absolute Gasteiger partial charge is 0.462 e. The lowest BCUT2D eigenvalue weighted by molar-refractivity contribution is -0.122. The molecule has 2 bridgehead atoms. The first-order valence-corrected chi connectivity index (χ1v) is 12.8. The normalized spacial score (nSPS) is 25.8. The Morgan fingerprint density at radius 1 is 0.943 bits per heavy atom. The van der Waals surface area contributed by atoms with Gasteiger partial charge >= 0.3 is 5.97 Å². The minimum Gasteiger partial charge on any atom is -0.462 e. The number of imide groups is 1. The average molecular weight is 530 g/mol. The Labute approximate surface area is 212 Å². The molecule has 5 nitrogen and oxygen atoms in total. The molecule has 6 heteroatoms. The van der Waals surface area contributed by atoms with E-state index in [4.69, 9.17) is 4.74 Å². The van der Waals surface area contributed by atoms with E-state index in [1.807, 2.05) is 31.2 Å². The van der Waals surface area contributed by atoms with E-state index in [9.17, 15) is 14.4 Å². The number of esters is 1. The monoisotopic (exact) mass is 529 g/mol. The number of carbonyl (C=O) groups is 3. The summed E-state index contributed by atoms with van der Waals surface area (Å²) >= 11 is 4.00. The van der Waals surface area contributed by atoms with Crippen LogP contribution in [0.15, 0.2) is 72.8 Å². The lowest BCUT2D eigenvalue weighted by Crippen LogP contribution is -2.50. The van der Waals surface area contributed by atoms with Crippen LogP contribution < -0.4 is 4.90 Å². The summed E-state index contributed by atoms with van der Waals surface area (Å²) in [5.41, 5.74) is 4.99. The van der Waals surface area contributed by atoms with E-state index in [0.717, 1.165) is 35.1 Å². The fourth-order valence-corrected chi connectivity index (χ4v) is 7.30. The van der Waals surface area contributed by atoms with E-state index >= 15 is 0 Å². The van der Waals surface area contributed by atoms with Gasteiger partial charge in [0, 0.05) is 5.92 Å². The minimum atomic E-state index is -0.794. The third-order valence-corrected chi connectivity index (χ3v) is 8.93. The average Bonchev–Trinajstić information content (AvgIpc) is 3.16. The van der Waals surface area contributed by atoms with Crippen LogP contribution in [-0.4, -0.2) is 24.4 Å². The molecular weight excluding hydrogens is 506 g/mol. The number of ether oxygens (including phenoxy) is 1. The molecule has 0 unspecified atom stereocenters. The molecule has 0 N–H and O–H groups in total. The fourth-order valence-electron chi connectivity index (χ4n) is 6.10. The Morgan fingerprint density at radius 3 is 2.26 bits per heavy atom. The van der Waals surface area contributed by atoms with Crippen LogP contribution >= 0.6 is 15.9 Å². The fraction of sp³-hybridized carbons (Fsp3) is 0.276. The number of hydrogen-bond donors (Lipinski definition) is 0. The van der Waals surface area contributed by atoms with Gasteiger partial charge in [-0.2, -0.15) is 0 Å². The van der Waals surface area contributed by atoms with Crippen molar-refractivity contribution in [3.8, 4) is 0 Å². The SMILES string of the molecule is CCCCOC(=O)c1cccc(N2C(=O)[C@@H]3C4c5ccccc5C(Br)(c5ccccc54)[C@H]3C2=O)c1. The highest BCUT2D eigenvalue weighted by atomic mass is 79.9. The molecule has 2 atom stereocenters. The van der Waals surface area contributed by atoms with E-state index in [1.165, 1.54) is 4.90 Å². The molecule has 1 fully saturated rings. The highest BCUT2D eigenvalue weighted by Crippen LogP contribution is 2.66. The number of halogens is 1. The first-order valence-electron chi connectivity index (χ1n) is 12.0. The Hall–Kier alpha value is -3.25. The van der Waals surface area contributed by atoms with Crippen LogP contribution in [0.3, 0.4) is 0 Å². The van der Waals surface area contributed by atoms with Crippen molar-refractivity contribution in [1.82, 2.24) is 0 Å². The van der Waals surface area contributed by atoms with E-state index in [-0.39, 0.29) is 17.7 Å². The third kappa shape index (κ3) is 3.02. The van der Waals surface area contributed by atoms with Crippen molar-refractivity contribution in [2.75, 3.05) is 11.5 Å². The second-order valence-electron chi connectivity index (χ2n) is 9.42. The number of unbranched alkanes of at least 4 members (excludes halogenated alkanes) is 1. The molecule has 1 saturated heterocycles. The number of anilines is 1. The van der Waals surface area contributed by atoms with Crippen molar-refractivity contribution in [3.05, 3.63) is 101 Å². The lowest BCUT2D eigenvalue weighted by Gasteiger charge is -2.51. The second kappa shape index (κ2) is 8.16. The standard InChI is InChI=1S/C29H24BrNO4/c1-2-3-15-35-28(34)17-9-8-10-18(16-17)31-26(32)24-23-19-11-4-6-13-21(19)29(30,25(24)27(31)33)22-14-7-5-12-20(22)23/h4-14,16,23-25H,2-3,15H2,1H3/t23?,24-,25-,29?/m1/s1. The molecule has 0 aromatic heterocycles. The van der Waals surface area contributed by atoms with Gasteiger partial charge in [-0.1, -0.05) is 83.9 Å². The van der Waals surface area contributed by atoms with Gasteiger partial charge in [-0.15, -0.1) is 0 Å². The Kier molecular flexibility index (Phi) is 5.18. The van der Waals surface area contributed by atoms with Gasteiger partial charge in [-0.05, 0) is 46.9 Å². The van der Waals surface area contributed by atoms with Crippen LogP contribution in [-0.2, 0) is 18.7 Å². The maximum Gasteiger partial charge on any atom is 0.338 e. The van der Waals surface area contributed by atoms with Gasteiger partial charge in [0.1, 0.15) is 0 Å². The van der Waals surface area contributed by atoms with Gasteiger partial charge in [0.05, 0.1) is 34.0 Å². The van der Waals surface area contributed by atoms with Gasteiger partial charge < -0.3 is 4.74 Å². The summed E-state index contributed by atoms with van der Waals surface area (Å²) < 4.78 is 4.55. The molecule has 176 valence electrons. The lowest BCUT2D eigenvalue weighted by atomic mass is 9.55. The van der Waals surface area contributed by atoms with Crippen LogP contribution in [0, 0.1) is 11.8 Å². The zero-order valence-corrected chi connectivity index (χ0v) is 20.8. The number of carbonyl (C=O) groups excluding carboxylic acids is 3. The van der Waals surface area contributed by atoms with Crippen molar-refractivity contribution in [3.63, 3.8) is 0 Å². The quantitative estimate of drug-likeness (QED) is 0.188. The van der Waals surface area contributed by atoms with Crippen molar-refractivity contribution >= 4 is 39.4 Å². The molecule has 3 aromatic carbocycles. The predicted molar refractivity (Wildman–Crippen MR) is 136 cm³/mol. The summed E-state index contributed by atoms with van der Waals surface area (Å²) in [6, 6.07) is 22.8. The topological polar surface area (TPSA) is 63.7 Å². The van der Waals surface area contributed by atoms with Crippen LogP contribution in [0.2, 0.25) is 0 Å². The first kappa shape index (κ1) is 22.2. The predicted octanol–water partition coefficient (Wildman–Crippen LogP) is 5.55. The van der Waals surface area contributed by atoms with Gasteiger partial charge in [-0.25, -0.2) is 9.69 Å². The summed E-state index contributed by atoms with van der Waals surface area (Å²) in [6.45, 7) is 2.37. The third-order valence-electron chi connectivity index (χ3n) is 7.59. The van der Waals surface area contributed by atoms with Gasteiger partial charge in [-0.3, -0.25) is 9.59 Å². The highest BCUT2D eigenvalue weighted by molar-refractivity contribution is 9.09. The molecular formula is C29H24BrNO4. The van der Waals surface area contributed by atoms with E-state index in [2.05, 4.69) is 40.2 Å². The molecule has 4 aliphatic rings. The van der Waals surface area contributed by atoms with Gasteiger partial charge in [0.15, 0.2) is 0 Å². The zero-order valence-electron chi connectivity index (χ0n) is 19.2. The van der Waals surface area contributed by atoms with Crippen molar-refractivity contribution in [1.29, 1.82) is 0 Å². The molecule has 0 saturated carbocycles. The van der Waals surface area contributed by atoms with Gasteiger partial charge in [0.25, 0.3) is 0 Å². The number of hydrogen-bond acceptors (Lipinski definition) is 4. The smallest absolute Gasteiger partial charge is 0.338 e. The molecule has 3 aromatic rings. The molecule has 35 heavy (non-hydrogen) atoms. The number of benzene rings is 3. The van der Waals surface area contributed by atoms with Crippen LogP contribution in [0.1, 0.15) is 58.3 Å². The molecule has 0 radical (unpaired) electrons. The van der Waals surface area contributed by atoms with E-state index < -0.39 is 22.1 Å². The van der Waals surface area contributed by atoms with Crippen LogP contribution in [0.25, 0.3) is 0 Å². The molecule has 7 rings (SSSR count).